The Kier molecular flexibility index (Phi) is 4.48. The molecule has 0 nitrogen and oxygen atoms in total. The van der Waals surface area contributed by atoms with Gasteiger partial charge in [0, 0.05) is 10.0 Å². The molecule has 0 heterocycles. The zero-order valence-electron chi connectivity index (χ0n) is 9.82. The van der Waals surface area contributed by atoms with Crippen LogP contribution in [0.2, 0.25) is 10.0 Å². The van der Waals surface area contributed by atoms with Crippen LogP contribution in [0.3, 0.4) is 0 Å². The van der Waals surface area contributed by atoms with Crippen molar-refractivity contribution >= 4 is 23.2 Å². The number of rotatable bonds is 3. The minimum Gasteiger partial charge on any atom is -0.0840 e. The van der Waals surface area contributed by atoms with E-state index in [0.29, 0.717) is 5.92 Å². The Bertz CT molecular complexity index is 356. The maximum atomic E-state index is 6.36. The minimum atomic E-state index is 0.477. The largest absolute Gasteiger partial charge is 0.0840 e. The van der Waals surface area contributed by atoms with Gasteiger partial charge in [0.25, 0.3) is 0 Å². The summed E-state index contributed by atoms with van der Waals surface area (Å²) < 4.78 is 0. The summed E-state index contributed by atoms with van der Waals surface area (Å²) in [6, 6.07) is 1.97. The molecule has 0 radical (unpaired) electrons. The van der Waals surface area contributed by atoms with Crippen LogP contribution in [0, 0.1) is 6.92 Å². The Morgan fingerprint density at radius 2 is 1.87 bits per heavy atom. The molecular formula is C13H18Cl2. The first-order valence-electron chi connectivity index (χ1n) is 5.50. The molecule has 0 saturated heterocycles. The van der Waals surface area contributed by atoms with Gasteiger partial charge >= 0.3 is 0 Å². The smallest absolute Gasteiger partial charge is 0.0473 e. The first-order chi connectivity index (χ1) is 7.02. The van der Waals surface area contributed by atoms with Gasteiger partial charge in [-0.3, -0.25) is 0 Å². The van der Waals surface area contributed by atoms with Crippen LogP contribution >= 0.6 is 23.2 Å². The molecule has 0 aliphatic heterocycles. The Morgan fingerprint density at radius 1 is 1.27 bits per heavy atom. The monoisotopic (exact) mass is 244 g/mol. The molecule has 1 aromatic carbocycles. The van der Waals surface area contributed by atoms with Crippen LogP contribution < -0.4 is 0 Å². The lowest BCUT2D eigenvalue weighted by atomic mass is 9.91. The Labute approximate surface area is 103 Å². The van der Waals surface area contributed by atoms with Crippen molar-refractivity contribution in [2.45, 2.75) is 46.5 Å². The highest BCUT2D eigenvalue weighted by Crippen LogP contribution is 2.36. The van der Waals surface area contributed by atoms with E-state index in [9.17, 15) is 0 Å². The fourth-order valence-corrected chi connectivity index (χ4v) is 2.65. The Morgan fingerprint density at radius 3 is 2.33 bits per heavy atom. The van der Waals surface area contributed by atoms with Gasteiger partial charge in [0.05, 0.1) is 0 Å². The molecule has 0 aliphatic rings. The van der Waals surface area contributed by atoms with E-state index in [4.69, 9.17) is 23.2 Å². The van der Waals surface area contributed by atoms with Gasteiger partial charge < -0.3 is 0 Å². The van der Waals surface area contributed by atoms with Crippen LogP contribution in [0.25, 0.3) is 0 Å². The molecule has 1 aromatic rings. The highest BCUT2D eigenvalue weighted by atomic mass is 35.5. The molecule has 0 spiro atoms. The first-order valence-corrected chi connectivity index (χ1v) is 6.25. The summed E-state index contributed by atoms with van der Waals surface area (Å²) in [5.74, 6) is 0.477. The Hall–Kier alpha value is -0.200. The fraction of sp³-hybridized carbons (Fsp3) is 0.538. The topological polar surface area (TPSA) is 0 Å². The van der Waals surface area contributed by atoms with E-state index in [1.54, 1.807) is 0 Å². The van der Waals surface area contributed by atoms with Crippen molar-refractivity contribution in [3.8, 4) is 0 Å². The maximum absolute atomic E-state index is 6.36. The fourth-order valence-electron chi connectivity index (χ4n) is 1.89. The summed E-state index contributed by atoms with van der Waals surface area (Å²) in [5, 5.41) is 1.75. The number of aryl methyl sites for hydroxylation is 1. The van der Waals surface area contributed by atoms with Gasteiger partial charge in [-0.1, -0.05) is 44.0 Å². The van der Waals surface area contributed by atoms with Crippen molar-refractivity contribution in [2.24, 2.45) is 0 Å². The lowest BCUT2D eigenvalue weighted by Gasteiger charge is -2.19. The van der Waals surface area contributed by atoms with Gasteiger partial charge in [0.1, 0.15) is 0 Å². The van der Waals surface area contributed by atoms with Crippen LogP contribution in [0.1, 0.15) is 49.8 Å². The lowest BCUT2D eigenvalue weighted by molar-refractivity contribution is 0.723. The van der Waals surface area contributed by atoms with Crippen LogP contribution in [0.4, 0.5) is 0 Å². The average molecular weight is 245 g/mol. The molecule has 15 heavy (non-hydrogen) atoms. The molecule has 0 amide bonds. The third-order valence-electron chi connectivity index (χ3n) is 3.00. The zero-order valence-corrected chi connectivity index (χ0v) is 11.3. The summed E-state index contributed by atoms with van der Waals surface area (Å²) in [7, 11) is 0. The normalized spacial score (nSPS) is 12.9. The molecule has 0 N–H and O–H groups in total. The van der Waals surface area contributed by atoms with Crippen molar-refractivity contribution < 1.29 is 0 Å². The second-order valence-corrected chi connectivity index (χ2v) is 4.83. The highest BCUT2D eigenvalue weighted by molar-refractivity contribution is 6.35. The number of benzene rings is 1. The molecule has 0 bridgehead atoms. The molecular weight excluding hydrogens is 227 g/mol. The van der Waals surface area contributed by atoms with E-state index >= 15 is 0 Å². The SMILES string of the molecule is CCc1c(Cl)cc(C)c(Cl)c1C(C)CC. The minimum absolute atomic E-state index is 0.477. The summed E-state index contributed by atoms with van der Waals surface area (Å²) >= 11 is 12.6. The third kappa shape index (κ3) is 2.49. The second-order valence-electron chi connectivity index (χ2n) is 4.04. The molecule has 2 heteroatoms. The van der Waals surface area contributed by atoms with E-state index in [1.807, 2.05) is 13.0 Å². The number of hydrogen-bond acceptors (Lipinski definition) is 0. The van der Waals surface area contributed by atoms with E-state index < -0.39 is 0 Å². The molecule has 84 valence electrons. The van der Waals surface area contributed by atoms with Crippen LogP contribution in [0.5, 0.6) is 0 Å². The van der Waals surface area contributed by atoms with E-state index in [0.717, 1.165) is 28.5 Å². The number of halogens is 2. The van der Waals surface area contributed by atoms with E-state index in [-0.39, 0.29) is 0 Å². The van der Waals surface area contributed by atoms with Crippen molar-refractivity contribution in [2.75, 3.05) is 0 Å². The Balaban J connectivity index is 3.43. The van der Waals surface area contributed by atoms with Crippen LogP contribution in [-0.2, 0) is 6.42 Å². The quantitative estimate of drug-likeness (QED) is 0.670. The second kappa shape index (κ2) is 5.23. The standard InChI is InChI=1S/C13H18Cl2/c1-5-8(3)12-10(6-2)11(14)7-9(4)13(12)15/h7-8H,5-6H2,1-4H3. The molecule has 0 aliphatic carbocycles. The van der Waals surface area contributed by atoms with E-state index in [2.05, 4.69) is 20.8 Å². The van der Waals surface area contributed by atoms with Gasteiger partial charge in [-0.15, -0.1) is 0 Å². The van der Waals surface area contributed by atoms with Crippen LogP contribution in [-0.4, -0.2) is 0 Å². The van der Waals surface area contributed by atoms with Crippen molar-refractivity contribution in [3.63, 3.8) is 0 Å². The summed E-state index contributed by atoms with van der Waals surface area (Å²) in [4.78, 5) is 0. The van der Waals surface area contributed by atoms with Gasteiger partial charge in [-0.2, -0.15) is 0 Å². The van der Waals surface area contributed by atoms with Gasteiger partial charge in [-0.25, -0.2) is 0 Å². The third-order valence-corrected chi connectivity index (χ3v) is 3.84. The summed E-state index contributed by atoms with van der Waals surface area (Å²) in [6.45, 7) is 8.52. The maximum Gasteiger partial charge on any atom is 0.0473 e. The molecule has 1 atom stereocenters. The molecule has 0 fully saturated rings. The van der Waals surface area contributed by atoms with Crippen molar-refractivity contribution in [1.29, 1.82) is 0 Å². The predicted octanol–water partition coefficient (Wildman–Crippen LogP) is 5.38. The summed E-state index contributed by atoms with van der Waals surface area (Å²) in [5.41, 5.74) is 3.53. The van der Waals surface area contributed by atoms with Gasteiger partial charge in [-0.05, 0) is 48.4 Å². The molecule has 1 unspecified atom stereocenters. The highest BCUT2D eigenvalue weighted by Gasteiger charge is 2.16. The average Bonchev–Trinajstić information content (AvgIpc) is 2.21. The van der Waals surface area contributed by atoms with E-state index in [1.165, 1.54) is 11.1 Å². The zero-order chi connectivity index (χ0) is 11.6. The van der Waals surface area contributed by atoms with Gasteiger partial charge in [0.2, 0.25) is 0 Å². The van der Waals surface area contributed by atoms with Gasteiger partial charge in [0.15, 0.2) is 0 Å². The molecule has 0 saturated carbocycles. The number of hydrogen-bond donors (Lipinski definition) is 0. The lowest BCUT2D eigenvalue weighted by Crippen LogP contribution is -2.01. The summed E-state index contributed by atoms with van der Waals surface area (Å²) in [6.07, 6.45) is 2.03. The van der Waals surface area contributed by atoms with Crippen molar-refractivity contribution in [3.05, 3.63) is 32.8 Å². The van der Waals surface area contributed by atoms with Crippen LogP contribution in [0.15, 0.2) is 6.07 Å². The molecule has 0 aromatic heterocycles. The first kappa shape index (κ1) is 12.9. The predicted molar refractivity (Wildman–Crippen MR) is 69.3 cm³/mol. The molecule has 1 rings (SSSR count). The van der Waals surface area contributed by atoms with Crippen molar-refractivity contribution in [1.82, 2.24) is 0 Å².